The summed E-state index contributed by atoms with van der Waals surface area (Å²) < 4.78 is 0. The van der Waals surface area contributed by atoms with Gasteiger partial charge in [0.1, 0.15) is 0 Å². The molecular weight excluding hydrogens is 270 g/mol. The maximum Gasteiger partial charge on any atom is 0.315 e. The first-order valence-corrected chi connectivity index (χ1v) is 7.76. The van der Waals surface area contributed by atoms with E-state index in [1.165, 1.54) is 0 Å². The fourth-order valence-electron chi connectivity index (χ4n) is 2.95. The van der Waals surface area contributed by atoms with Gasteiger partial charge in [0.2, 0.25) is 0 Å². The molecule has 2 rings (SSSR count). The standard InChI is InChI=1S/C15H25N3O3/c1-2-18-7-5-11(6-8-18)10-16-15(21)17-13-4-3-12(9-13)14(19)20/h3-4,11-13H,2,5-10H2,1H3,(H,19,20)(H2,16,17,21). The highest BCUT2D eigenvalue weighted by Gasteiger charge is 2.25. The molecule has 118 valence electrons. The Morgan fingerprint density at radius 2 is 2.00 bits per heavy atom. The second-order valence-corrected chi connectivity index (χ2v) is 5.90. The molecule has 1 aliphatic carbocycles. The van der Waals surface area contributed by atoms with Gasteiger partial charge in [0.05, 0.1) is 12.0 Å². The molecule has 1 saturated heterocycles. The van der Waals surface area contributed by atoms with Crippen LogP contribution in [0.4, 0.5) is 4.79 Å². The number of carboxylic acids is 1. The van der Waals surface area contributed by atoms with E-state index in [1.807, 2.05) is 0 Å². The van der Waals surface area contributed by atoms with E-state index in [4.69, 9.17) is 5.11 Å². The highest BCUT2D eigenvalue weighted by atomic mass is 16.4. The molecule has 1 heterocycles. The van der Waals surface area contributed by atoms with Crippen molar-refractivity contribution in [1.82, 2.24) is 15.5 Å². The number of hydrogen-bond acceptors (Lipinski definition) is 3. The number of aliphatic carboxylic acids is 1. The van der Waals surface area contributed by atoms with Crippen molar-refractivity contribution in [3.63, 3.8) is 0 Å². The van der Waals surface area contributed by atoms with Crippen molar-refractivity contribution in [1.29, 1.82) is 0 Å². The summed E-state index contributed by atoms with van der Waals surface area (Å²) in [7, 11) is 0. The van der Waals surface area contributed by atoms with Crippen molar-refractivity contribution in [2.45, 2.75) is 32.2 Å². The Bertz CT molecular complexity index is 403. The molecule has 1 aliphatic heterocycles. The van der Waals surface area contributed by atoms with Gasteiger partial charge in [-0.15, -0.1) is 0 Å². The number of likely N-dealkylation sites (tertiary alicyclic amines) is 1. The van der Waals surface area contributed by atoms with Crippen LogP contribution in [0.25, 0.3) is 0 Å². The first kappa shape index (κ1) is 15.8. The van der Waals surface area contributed by atoms with Crippen LogP contribution in [-0.4, -0.2) is 54.2 Å². The lowest BCUT2D eigenvalue weighted by atomic mass is 9.97. The van der Waals surface area contributed by atoms with Crippen molar-refractivity contribution < 1.29 is 14.7 Å². The van der Waals surface area contributed by atoms with Gasteiger partial charge >= 0.3 is 12.0 Å². The van der Waals surface area contributed by atoms with E-state index in [2.05, 4.69) is 22.5 Å². The van der Waals surface area contributed by atoms with Crippen molar-refractivity contribution in [2.75, 3.05) is 26.2 Å². The summed E-state index contributed by atoms with van der Waals surface area (Å²) in [5, 5.41) is 14.6. The zero-order chi connectivity index (χ0) is 15.2. The van der Waals surface area contributed by atoms with E-state index in [0.29, 0.717) is 18.9 Å². The first-order valence-electron chi connectivity index (χ1n) is 7.76. The molecule has 0 saturated carbocycles. The second-order valence-electron chi connectivity index (χ2n) is 5.90. The largest absolute Gasteiger partial charge is 0.481 e. The molecule has 1 fully saturated rings. The summed E-state index contributed by atoms with van der Waals surface area (Å²) in [5.41, 5.74) is 0. The smallest absolute Gasteiger partial charge is 0.315 e. The van der Waals surface area contributed by atoms with Crippen LogP contribution in [0.15, 0.2) is 12.2 Å². The van der Waals surface area contributed by atoms with Crippen LogP contribution < -0.4 is 10.6 Å². The second kappa shape index (κ2) is 7.45. The number of nitrogens with one attached hydrogen (secondary N) is 2. The molecule has 6 nitrogen and oxygen atoms in total. The Morgan fingerprint density at radius 3 is 2.57 bits per heavy atom. The molecule has 0 aromatic rings. The molecule has 2 unspecified atom stereocenters. The fourth-order valence-corrected chi connectivity index (χ4v) is 2.95. The molecule has 0 radical (unpaired) electrons. The summed E-state index contributed by atoms with van der Waals surface area (Å²) in [5.74, 6) is -0.767. The highest BCUT2D eigenvalue weighted by molar-refractivity contribution is 5.76. The fraction of sp³-hybridized carbons (Fsp3) is 0.733. The van der Waals surface area contributed by atoms with Crippen LogP contribution in [0.2, 0.25) is 0 Å². The average Bonchev–Trinajstić information content (AvgIpc) is 2.94. The van der Waals surface area contributed by atoms with Crippen molar-refractivity contribution >= 4 is 12.0 Å². The number of carbonyl (C=O) groups excluding carboxylic acids is 1. The summed E-state index contributed by atoms with van der Waals surface area (Å²) in [4.78, 5) is 25.1. The normalized spacial score (nSPS) is 26.7. The number of hydrogen-bond donors (Lipinski definition) is 3. The van der Waals surface area contributed by atoms with Crippen LogP contribution in [0.5, 0.6) is 0 Å². The van der Waals surface area contributed by atoms with Crippen molar-refractivity contribution in [2.24, 2.45) is 11.8 Å². The number of rotatable bonds is 5. The number of nitrogens with zero attached hydrogens (tertiary/aromatic N) is 1. The molecule has 0 bridgehead atoms. The predicted molar refractivity (Wildman–Crippen MR) is 80.0 cm³/mol. The van der Waals surface area contributed by atoms with Crippen LogP contribution in [0, 0.1) is 11.8 Å². The molecule has 0 aromatic carbocycles. The predicted octanol–water partition coefficient (Wildman–Crippen LogP) is 1.05. The average molecular weight is 295 g/mol. The van der Waals surface area contributed by atoms with Gasteiger partial charge in [0, 0.05) is 6.54 Å². The van der Waals surface area contributed by atoms with E-state index in [0.717, 1.165) is 32.5 Å². The minimum atomic E-state index is -0.835. The number of piperidine rings is 1. The Morgan fingerprint density at radius 1 is 1.29 bits per heavy atom. The van der Waals surface area contributed by atoms with E-state index in [1.54, 1.807) is 12.2 Å². The molecule has 6 heteroatoms. The Hall–Kier alpha value is -1.56. The van der Waals surface area contributed by atoms with Gasteiger partial charge in [-0.25, -0.2) is 4.79 Å². The molecule has 0 spiro atoms. The lowest BCUT2D eigenvalue weighted by molar-refractivity contribution is -0.140. The third kappa shape index (κ3) is 4.74. The van der Waals surface area contributed by atoms with Gasteiger partial charge in [-0.2, -0.15) is 0 Å². The summed E-state index contributed by atoms with van der Waals surface area (Å²) in [6.45, 7) is 6.18. The number of amides is 2. The lowest BCUT2D eigenvalue weighted by Crippen LogP contribution is -2.44. The summed E-state index contributed by atoms with van der Waals surface area (Å²) >= 11 is 0. The van der Waals surface area contributed by atoms with E-state index in [9.17, 15) is 9.59 Å². The quantitative estimate of drug-likeness (QED) is 0.662. The van der Waals surface area contributed by atoms with E-state index < -0.39 is 11.9 Å². The third-order valence-electron chi connectivity index (χ3n) is 4.42. The molecule has 0 aromatic heterocycles. The van der Waals surface area contributed by atoms with Gasteiger partial charge in [-0.3, -0.25) is 4.79 Å². The Labute approximate surface area is 125 Å². The maximum atomic E-state index is 11.8. The molecule has 2 amide bonds. The summed E-state index contributed by atoms with van der Waals surface area (Å²) in [6, 6.07) is -0.373. The molecule has 3 N–H and O–H groups in total. The van der Waals surface area contributed by atoms with Gasteiger partial charge in [-0.05, 0) is 44.8 Å². The van der Waals surface area contributed by atoms with Crippen LogP contribution >= 0.6 is 0 Å². The van der Waals surface area contributed by atoms with Crippen LogP contribution in [0.1, 0.15) is 26.2 Å². The topological polar surface area (TPSA) is 81.7 Å². The van der Waals surface area contributed by atoms with Crippen molar-refractivity contribution in [3.8, 4) is 0 Å². The summed E-state index contributed by atoms with van der Waals surface area (Å²) in [6.07, 6.45) is 6.10. The molecule has 21 heavy (non-hydrogen) atoms. The molecule has 2 atom stereocenters. The number of carbonyl (C=O) groups is 2. The molecular formula is C15H25N3O3. The minimum Gasteiger partial charge on any atom is -0.481 e. The number of urea groups is 1. The Balaban J connectivity index is 1.63. The maximum absolute atomic E-state index is 11.8. The van der Waals surface area contributed by atoms with Crippen LogP contribution in [-0.2, 0) is 4.79 Å². The third-order valence-corrected chi connectivity index (χ3v) is 4.42. The zero-order valence-corrected chi connectivity index (χ0v) is 12.5. The highest BCUT2D eigenvalue weighted by Crippen LogP contribution is 2.18. The van der Waals surface area contributed by atoms with E-state index in [-0.39, 0.29) is 12.1 Å². The van der Waals surface area contributed by atoms with Gasteiger partial charge in [-0.1, -0.05) is 19.1 Å². The molecule has 2 aliphatic rings. The number of carboxylic acid groups (broad SMARTS) is 1. The van der Waals surface area contributed by atoms with Crippen molar-refractivity contribution in [3.05, 3.63) is 12.2 Å². The van der Waals surface area contributed by atoms with Gasteiger partial charge < -0.3 is 20.6 Å². The lowest BCUT2D eigenvalue weighted by Gasteiger charge is -2.31. The SMILES string of the molecule is CCN1CCC(CNC(=O)NC2C=CC(C(=O)O)C2)CC1. The van der Waals surface area contributed by atoms with Crippen LogP contribution in [0.3, 0.4) is 0 Å². The zero-order valence-electron chi connectivity index (χ0n) is 12.5. The first-order chi connectivity index (χ1) is 10.1. The minimum absolute atomic E-state index is 0.173. The Kier molecular flexibility index (Phi) is 5.61. The monoisotopic (exact) mass is 295 g/mol. The van der Waals surface area contributed by atoms with Gasteiger partial charge in [0.25, 0.3) is 0 Å². The van der Waals surface area contributed by atoms with E-state index >= 15 is 0 Å². The van der Waals surface area contributed by atoms with Gasteiger partial charge in [0.15, 0.2) is 0 Å².